The second kappa shape index (κ2) is 8.18. The fraction of sp³-hybridized carbons (Fsp3) is 0.273. The van der Waals surface area contributed by atoms with Crippen LogP contribution in [0.2, 0.25) is 0 Å². The molecule has 140 valence electrons. The lowest BCUT2D eigenvalue weighted by Gasteiger charge is -2.31. The number of carbonyl (C=O) groups is 1. The van der Waals surface area contributed by atoms with Gasteiger partial charge in [-0.3, -0.25) is 14.6 Å². The highest BCUT2D eigenvalue weighted by atomic mass is 16.7. The Hall–Kier alpha value is -2.92. The van der Waals surface area contributed by atoms with Gasteiger partial charge in [-0.1, -0.05) is 44.2 Å². The summed E-state index contributed by atoms with van der Waals surface area (Å²) in [6.07, 6.45) is 3.86. The first-order valence-electron chi connectivity index (χ1n) is 9.09. The lowest BCUT2D eigenvalue weighted by Crippen LogP contribution is -2.31. The van der Waals surface area contributed by atoms with Crippen LogP contribution < -0.4 is 4.90 Å². The van der Waals surface area contributed by atoms with E-state index >= 15 is 0 Å². The number of hydrogen-bond donors (Lipinski definition) is 0. The second-order valence-corrected chi connectivity index (χ2v) is 6.52. The van der Waals surface area contributed by atoms with Gasteiger partial charge in [-0.25, -0.2) is 5.06 Å². The zero-order valence-corrected chi connectivity index (χ0v) is 16.1. The largest absolute Gasteiger partial charge is 0.341 e. The van der Waals surface area contributed by atoms with Gasteiger partial charge in [0.2, 0.25) is 0 Å². The number of amides is 1. The van der Waals surface area contributed by atoms with Crippen LogP contribution in [0.1, 0.15) is 30.3 Å². The Morgan fingerprint density at radius 1 is 1.19 bits per heavy atom. The summed E-state index contributed by atoms with van der Waals surface area (Å²) in [5, 5.41) is 1.21. The lowest BCUT2D eigenvalue weighted by molar-refractivity contribution is -0.163. The van der Waals surface area contributed by atoms with Crippen LogP contribution in [0.15, 0.2) is 60.8 Å². The van der Waals surface area contributed by atoms with Crippen molar-refractivity contribution in [1.29, 1.82) is 0 Å². The molecule has 0 unspecified atom stereocenters. The van der Waals surface area contributed by atoms with Gasteiger partial charge < -0.3 is 4.90 Å². The molecule has 0 saturated heterocycles. The van der Waals surface area contributed by atoms with E-state index in [-0.39, 0.29) is 5.91 Å². The Kier molecular flexibility index (Phi) is 5.72. The molecule has 0 atom stereocenters. The fourth-order valence-corrected chi connectivity index (χ4v) is 3.18. The highest BCUT2D eigenvalue weighted by molar-refractivity contribution is 6.11. The molecule has 1 aromatic heterocycles. The number of fused-ring (bicyclic) bond motifs is 1. The highest BCUT2D eigenvalue weighted by Crippen LogP contribution is 2.37. The second-order valence-electron chi connectivity index (χ2n) is 6.52. The molecular weight excluding hydrogens is 338 g/mol. The van der Waals surface area contributed by atoms with Gasteiger partial charge in [0.15, 0.2) is 0 Å². The number of para-hydroxylation sites is 1. The quantitative estimate of drug-likeness (QED) is 0.729. The van der Waals surface area contributed by atoms with E-state index in [0.717, 1.165) is 35.5 Å². The van der Waals surface area contributed by atoms with Crippen LogP contribution >= 0.6 is 0 Å². The number of aromatic nitrogens is 1. The molecule has 27 heavy (non-hydrogen) atoms. The number of aryl methyl sites for hydroxylation is 1. The monoisotopic (exact) mass is 363 g/mol. The zero-order valence-electron chi connectivity index (χ0n) is 16.1. The molecular formula is C22H25N3O2. The third kappa shape index (κ3) is 3.93. The van der Waals surface area contributed by atoms with Crippen molar-refractivity contribution in [2.24, 2.45) is 0 Å². The number of nitrogens with zero attached hydrogens (tertiary/aromatic N) is 3. The summed E-state index contributed by atoms with van der Waals surface area (Å²) in [6, 6.07) is 14.1. The molecule has 3 rings (SSSR count). The van der Waals surface area contributed by atoms with Crippen LogP contribution in [0.3, 0.4) is 0 Å². The van der Waals surface area contributed by atoms with Gasteiger partial charge in [-0.2, -0.15) is 0 Å². The predicted molar refractivity (Wildman–Crippen MR) is 108 cm³/mol. The van der Waals surface area contributed by atoms with Crippen molar-refractivity contribution in [2.75, 3.05) is 19.1 Å². The van der Waals surface area contributed by atoms with E-state index in [9.17, 15) is 4.79 Å². The van der Waals surface area contributed by atoms with Crippen molar-refractivity contribution in [2.45, 2.75) is 26.3 Å². The minimum Gasteiger partial charge on any atom is -0.341 e. The van der Waals surface area contributed by atoms with Gasteiger partial charge in [-0.05, 0) is 30.2 Å². The van der Waals surface area contributed by atoms with E-state index in [0.29, 0.717) is 17.7 Å². The maximum atomic E-state index is 12.7. The third-order valence-corrected chi connectivity index (χ3v) is 4.64. The number of pyridine rings is 1. The third-order valence-electron chi connectivity index (χ3n) is 4.64. The Morgan fingerprint density at radius 2 is 1.93 bits per heavy atom. The van der Waals surface area contributed by atoms with Crippen molar-refractivity contribution in [3.05, 3.63) is 77.8 Å². The summed E-state index contributed by atoms with van der Waals surface area (Å²) in [5.41, 5.74) is 5.22. The first-order chi connectivity index (χ1) is 13.0. The van der Waals surface area contributed by atoms with E-state index < -0.39 is 0 Å². The molecule has 0 radical (unpaired) electrons. The summed E-state index contributed by atoms with van der Waals surface area (Å²) in [4.78, 5) is 24.6. The predicted octanol–water partition coefficient (Wildman–Crippen LogP) is 3.97. The minimum atomic E-state index is -0.227. The summed E-state index contributed by atoms with van der Waals surface area (Å²) in [6.45, 7) is 6.87. The molecule has 0 N–H and O–H groups in total. The smallest absolute Gasteiger partial charge is 0.279 e. The van der Waals surface area contributed by atoms with Gasteiger partial charge in [0, 0.05) is 30.2 Å². The normalized spacial score (nSPS) is 13.2. The number of hydroxylamine groups is 2. The standard InChI is InChI=1S/C22H25N3O2/c1-5-9-17-10-8-11-18(23-17)14-25-15-20(22(26)24(3)27-4)16(2)19-12-6-7-13-21(19)25/h6-8,10-13,15H,2,5,9,14H2,1,3-4H3. The molecule has 2 aromatic rings. The molecule has 1 aliphatic rings. The number of carbonyl (C=O) groups excluding carboxylic acids is 1. The van der Waals surface area contributed by atoms with E-state index in [1.54, 1.807) is 7.05 Å². The Morgan fingerprint density at radius 3 is 2.67 bits per heavy atom. The van der Waals surface area contributed by atoms with Gasteiger partial charge in [0.1, 0.15) is 0 Å². The van der Waals surface area contributed by atoms with Crippen LogP contribution in [-0.2, 0) is 22.6 Å². The average Bonchev–Trinajstić information content (AvgIpc) is 2.69. The van der Waals surface area contributed by atoms with Crippen LogP contribution in [0.4, 0.5) is 5.69 Å². The van der Waals surface area contributed by atoms with Crippen LogP contribution in [0.5, 0.6) is 0 Å². The first kappa shape index (κ1) is 18.9. The summed E-state index contributed by atoms with van der Waals surface area (Å²) in [7, 11) is 3.07. The summed E-state index contributed by atoms with van der Waals surface area (Å²) in [5.74, 6) is -0.227. The molecule has 0 saturated carbocycles. The van der Waals surface area contributed by atoms with Gasteiger partial charge in [-0.15, -0.1) is 0 Å². The summed E-state index contributed by atoms with van der Waals surface area (Å²) < 4.78 is 0. The minimum absolute atomic E-state index is 0.227. The van der Waals surface area contributed by atoms with Crippen molar-refractivity contribution < 1.29 is 9.63 Å². The Balaban J connectivity index is 1.98. The highest BCUT2D eigenvalue weighted by Gasteiger charge is 2.27. The Bertz CT molecular complexity index is 889. The molecule has 0 spiro atoms. The zero-order chi connectivity index (χ0) is 19.4. The van der Waals surface area contributed by atoms with Gasteiger partial charge in [0.25, 0.3) is 5.91 Å². The maximum Gasteiger partial charge on any atom is 0.279 e. The molecule has 5 nitrogen and oxygen atoms in total. The SMILES string of the molecule is C=C1C(C(=O)N(C)OC)=CN(Cc2cccc(CCC)n2)c2ccccc21. The molecule has 1 aliphatic heterocycles. The van der Waals surface area contributed by atoms with Crippen LogP contribution in [0, 0.1) is 0 Å². The number of rotatable bonds is 6. The van der Waals surface area contributed by atoms with E-state index in [2.05, 4.69) is 24.5 Å². The molecule has 2 heterocycles. The number of likely N-dealkylation sites (N-methyl/N-ethyl adjacent to an activating group) is 1. The fourth-order valence-electron chi connectivity index (χ4n) is 3.18. The van der Waals surface area contributed by atoms with E-state index in [1.807, 2.05) is 42.6 Å². The number of anilines is 1. The van der Waals surface area contributed by atoms with Gasteiger partial charge in [0.05, 0.1) is 24.9 Å². The van der Waals surface area contributed by atoms with Crippen molar-refractivity contribution in [3.63, 3.8) is 0 Å². The van der Waals surface area contributed by atoms with Crippen molar-refractivity contribution in [3.8, 4) is 0 Å². The first-order valence-corrected chi connectivity index (χ1v) is 9.09. The van der Waals surface area contributed by atoms with Crippen LogP contribution in [0.25, 0.3) is 5.57 Å². The molecule has 0 aliphatic carbocycles. The van der Waals surface area contributed by atoms with Gasteiger partial charge >= 0.3 is 0 Å². The van der Waals surface area contributed by atoms with Crippen LogP contribution in [-0.4, -0.2) is 30.1 Å². The topological polar surface area (TPSA) is 45.7 Å². The molecule has 0 fully saturated rings. The van der Waals surface area contributed by atoms with Crippen molar-refractivity contribution >= 4 is 17.2 Å². The lowest BCUT2D eigenvalue weighted by atomic mass is 9.94. The number of benzene rings is 1. The molecule has 1 aromatic carbocycles. The average molecular weight is 363 g/mol. The summed E-state index contributed by atoms with van der Waals surface area (Å²) >= 11 is 0. The molecule has 5 heteroatoms. The van der Waals surface area contributed by atoms with E-state index in [4.69, 9.17) is 9.82 Å². The molecule has 1 amide bonds. The van der Waals surface area contributed by atoms with Crippen molar-refractivity contribution in [1.82, 2.24) is 10.0 Å². The maximum absolute atomic E-state index is 12.7. The van der Waals surface area contributed by atoms with E-state index in [1.165, 1.54) is 12.2 Å². The number of hydrogen-bond acceptors (Lipinski definition) is 4. The molecule has 0 bridgehead atoms. The Labute approximate surface area is 160 Å².